The zero-order chi connectivity index (χ0) is 14.7. The Balaban J connectivity index is 3.06. The summed E-state index contributed by atoms with van der Waals surface area (Å²) in [5.41, 5.74) is -1.32. The maximum atomic E-state index is 12.6. The van der Waals surface area contributed by atoms with Gasteiger partial charge in [-0.1, -0.05) is 0 Å². The van der Waals surface area contributed by atoms with Gasteiger partial charge in [0.05, 0.1) is 29.3 Å². The van der Waals surface area contributed by atoms with Gasteiger partial charge in [-0.25, -0.2) is 0 Å². The third-order valence-electron chi connectivity index (χ3n) is 2.43. The van der Waals surface area contributed by atoms with E-state index in [1.54, 1.807) is 6.07 Å². The van der Waals surface area contributed by atoms with Gasteiger partial charge in [0.25, 0.3) is 0 Å². The Labute approximate surface area is 110 Å². The van der Waals surface area contributed by atoms with Gasteiger partial charge in [-0.3, -0.25) is 0 Å². The molecule has 0 bridgehead atoms. The second-order valence-electron chi connectivity index (χ2n) is 4.81. The first-order chi connectivity index (χ1) is 8.69. The van der Waals surface area contributed by atoms with Crippen LogP contribution in [0.2, 0.25) is 0 Å². The SMILES string of the molecule is COCC(C)(C)Nc1ccc(C(F)(F)F)c(C#N)c1. The highest BCUT2D eigenvalue weighted by atomic mass is 19.4. The van der Waals surface area contributed by atoms with Crippen LogP contribution in [0.5, 0.6) is 0 Å². The summed E-state index contributed by atoms with van der Waals surface area (Å²) in [6.07, 6.45) is -4.52. The molecule has 104 valence electrons. The molecule has 1 aromatic rings. The lowest BCUT2D eigenvalue weighted by molar-refractivity contribution is -0.137. The van der Waals surface area contributed by atoms with E-state index in [0.29, 0.717) is 12.3 Å². The van der Waals surface area contributed by atoms with Crippen LogP contribution in [0, 0.1) is 11.3 Å². The van der Waals surface area contributed by atoms with Crippen molar-refractivity contribution >= 4 is 5.69 Å². The number of nitrogens with one attached hydrogen (secondary N) is 1. The number of methoxy groups -OCH3 is 1. The van der Waals surface area contributed by atoms with E-state index in [2.05, 4.69) is 5.32 Å². The summed E-state index contributed by atoms with van der Waals surface area (Å²) in [7, 11) is 1.54. The van der Waals surface area contributed by atoms with Crippen LogP contribution in [-0.2, 0) is 10.9 Å². The van der Waals surface area contributed by atoms with Gasteiger partial charge in [-0.15, -0.1) is 0 Å². The molecular formula is C13H15F3N2O. The van der Waals surface area contributed by atoms with Crippen molar-refractivity contribution in [3.05, 3.63) is 29.3 Å². The summed E-state index contributed by atoms with van der Waals surface area (Å²) in [6.45, 7) is 4.08. The smallest absolute Gasteiger partial charge is 0.382 e. The second kappa shape index (κ2) is 5.49. The Bertz CT molecular complexity index is 490. The van der Waals surface area contributed by atoms with Crippen LogP contribution in [0.3, 0.4) is 0 Å². The van der Waals surface area contributed by atoms with Gasteiger partial charge in [-0.2, -0.15) is 18.4 Å². The van der Waals surface area contributed by atoms with Crippen molar-refractivity contribution in [1.29, 1.82) is 5.26 Å². The molecule has 0 saturated carbocycles. The van der Waals surface area contributed by atoms with E-state index in [-0.39, 0.29) is 0 Å². The molecule has 0 aliphatic carbocycles. The average Bonchev–Trinajstić information content (AvgIpc) is 2.26. The molecule has 0 fully saturated rings. The van der Waals surface area contributed by atoms with Crippen molar-refractivity contribution in [2.24, 2.45) is 0 Å². The van der Waals surface area contributed by atoms with Crippen LogP contribution >= 0.6 is 0 Å². The minimum Gasteiger partial charge on any atom is -0.382 e. The Morgan fingerprint density at radius 1 is 1.32 bits per heavy atom. The Morgan fingerprint density at radius 2 is 1.95 bits per heavy atom. The maximum absolute atomic E-state index is 12.6. The summed E-state index contributed by atoms with van der Waals surface area (Å²) in [5, 5.41) is 11.8. The number of hydrogen-bond acceptors (Lipinski definition) is 3. The lowest BCUT2D eigenvalue weighted by Gasteiger charge is -2.27. The van der Waals surface area contributed by atoms with Crippen LogP contribution in [0.1, 0.15) is 25.0 Å². The monoisotopic (exact) mass is 272 g/mol. The van der Waals surface area contributed by atoms with Gasteiger partial charge >= 0.3 is 6.18 Å². The number of halogens is 3. The molecule has 0 unspecified atom stereocenters. The van der Waals surface area contributed by atoms with Gasteiger partial charge < -0.3 is 10.1 Å². The van der Waals surface area contributed by atoms with E-state index in [1.807, 2.05) is 13.8 Å². The number of hydrogen-bond donors (Lipinski definition) is 1. The molecular weight excluding hydrogens is 257 g/mol. The fourth-order valence-electron chi connectivity index (χ4n) is 1.75. The zero-order valence-electron chi connectivity index (χ0n) is 10.9. The number of nitriles is 1. The van der Waals surface area contributed by atoms with E-state index in [1.165, 1.54) is 19.2 Å². The quantitative estimate of drug-likeness (QED) is 0.913. The van der Waals surface area contributed by atoms with Crippen molar-refractivity contribution in [2.75, 3.05) is 19.0 Å². The van der Waals surface area contributed by atoms with Gasteiger partial charge in [0, 0.05) is 12.8 Å². The van der Waals surface area contributed by atoms with Crippen LogP contribution in [-0.4, -0.2) is 19.3 Å². The molecule has 0 amide bonds. The highest BCUT2D eigenvalue weighted by molar-refractivity contribution is 5.54. The van der Waals surface area contributed by atoms with Crippen molar-refractivity contribution in [2.45, 2.75) is 25.6 Å². The molecule has 3 nitrogen and oxygen atoms in total. The molecule has 0 heterocycles. The molecule has 1 aromatic carbocycles. The Hall–Kier alpha value is -1.74. The average molecular weight is 272 g/mol. The lowest BCUT2D eigenvalue weighted by Crippen LogP contribution is -2.35. The van der Waals surface area contributed by atoms with Crippen molar-refractivity contribution in [3.8, 4) is 6.07 Å². The van der Waals surface area contributed by atoms with Crippen LogP contribution in [0.4, 0.5) is 18.9 Å². The van der Waals surface area contributed by atoms with Crippen LogP contribution in [0.25, 0.3) is 0 Å². The zero-order valence-corrected chi connectivity index (χ0v) is 10.9. The maximum Gasteiger partial charge on any atom is 0.417 e. The second-order valence-corrected chi connectivity index (χ2v) is 4.81. The van der Waals surface area contributed by atoms with Crippen molar-refractivity contribution in [3.63, 3.8) is 0 Å². The van der Waals surface area contributed by atoms with E-state index in [0.717, 1.165) is 6.07 Å². The number of ether oxygens (including phenoxy) is 1. The largest absolute Gasteiger partial charge is 0.417 e. The molecule has 6 heteroatoms. The summed E-state index contributed by atoms with van der Waals surface area (Å²) in [5.74, 6) is 0. The van der Waals surface area contributed by atoms with Crippen LogP contribution in [0.15, 0.2) is 18.2 Å². The highest BCUT2D eigenvalue weighted by Crippen LogP contribution is 2.33. The van der Waals surface area contributed by atoms with Gasteiger partial charge in [0.1, 0.15) is 0 Å². The number of rotatable bonds is 4. The molecule has 0 aromatic heterocycles. The summed E-state index contributed by atoms with van der Waals surface area (Å²) in [4.78, 5) is 0. The first kappa shape index (κ1) is 15.3. The van der Waals surface area contributed by atoms with E-state index >= 15 is 0 Å². The molecule has 0 aliphatic heterocycles. The van der Waals surface area contributed by atoms with Crippen LogP contribution < -0.4 is 5.32 Å². The van der Waals surface area contributed by atoms with E-state index < -0.39 is 22.8 Å². The molecule has 0 saturated heterocycles. The van der Waals surface area contributed by atoms with Gasteiger partial charge in [0.15, 0.2) is 0 Å². The Morgan fingerprint density at radius 3 is 2.42 bits per heavy atom. The standard InChI is InChI=1S/C13H15F3N2O/c1-12(2,8-19-3)18-10-4-5-11(13(14,15)16)9(6-10)7-17/h4-6,18H,8H2,1-3H3. The Kier molecular flexibility index (Phi) is 4.43. The molecule has 1 N–H and O–H groups in total. The number of nitrogens with zero attached hydrogens (tertiary/aromatic N) is 1. The molecule has 0 spiro atoms. The minimum atomic E-state index is -4.52. The first-order valence-corrected chi connectivity index (χ1v) is 5.58. The fourth-order valence-corrected chi connectivity index (χ4v) is 1.75. The van der Waals surface area contributed by atoms with E-state index in [4.69, 9.17) is 10.00 Å². The van der Waals surface area contributed by atoms with Gasteiger partial charge in [0.2, 0.25) is 0 Å². The van der Waals surface area contributed by atoms with Gasteiger partial charge in [-0.05, 0) is 32.0 Å². The summed E-state index contributed by atoms with van der Waals surface area (Å²) >= 11 is 0. The van der Waals surface area contributed by atoms with Crippen molar-refractivity contribution in [1.82, 2.24) is 0 Å². The predicted octanol–water partition coefficient (Wildman–Crippen LogP) is 3.41. The molecule has 0 radical (unpaired) electrons. The first-order valence-electron chi connectivity index (χ1n) is 5.58. The van der Waals surface area contributed by atoms with E-state index in [9.17, 15) is 13.2 Å². The topological polar surface area (TPSA) is 45.0 Å². The lowest BCUT2D eigenvalue weighted by atomic mass is 10.0. The van der Waals surface area contributed by atoms with Crippen molar-refractivity contribution < 1.29 is 17.9 Å². The fraction of sp³-hybridized carbons (Fsp3) is 0.462. The molecule has 19 heavy (non-hydrogen) atoms. The number of anilines is 1. The molecule has 1 rings (SSSR count). The minimum absolute atomic E-state index is 0.385. The number of benzene rings is 1. The normalized spacial score (nSPS) is 12.1. The number of alkyl halides is 3. The summed E-state index contributed by atoms with van der Waals surface area (Å²) < 4.78 is 42.9. The third-order valence-corrected chi connectivity index (χ3v) is 2.43. The predicted molar refractivity (Wildman–Crippen MR) is 65.7 cm³/mol. The third kappa shape index (κ3) is 4.14. The molecule has 0 aliphatic rings. The molecule has 0 atom stereocenters. The summed E-state index contributed by atoms with van der Waals surface area (Å²) in [6, 6.07) is 4.98. The highest BCUT2D eigenvalue weighted by Gasteiger charge is 2.33.